The minimum atomic E-state index is -0.420. The molecule has 2 amide bonds. The number of carbonyl (C=O) groups excluding carboxylic acids is 2. The first kappa shape index (κ1) is 13.3. The van der Waals surface area contributed by atoms with Crippen LogP contribution in [-0.2, 0) is 9.59 Å². The Balaban J connectivity index is 2.23. The van der Waals surface area contributed by atoms with Crippen LogP contribution in [0.4, 0.5) is 5.69 Å². The van der Waals surface area contributed by atoms with Crippen molar-refractivity contribution >= 4 is 51.4 Å². The second kappa shape index (κ2) is 4.69. The summed E-state index contributed by atoms with van der Waals surface area (Å²) in [6.07, 6.45) is 0. The Morgan fingerprint density at radius 3 is 2.55 bits per heavy atom. The third-order valence-corrected chi connectivity index (χ3v) is 4.67. The quantitative estimate of drug-likeness (QED) is 0.369. The Kier molecular flexibility index (Phi) is 3.12. The molecule has 3 rings (SSSR count). The van der Waals surface area contributed by atoms with Crippen LogP contribution in [0.3, 0.4) is 0 Å². The number of rotatable bonds is 1. The zero-order valence-electron chi connectivity index (χ0n) is 10.6. The molecule has 102 valence electrons. The van der Waals surface area contributed by atoms with Crippen LogP contribution < -0.4 is 10.7 Å². The summed E-state index contributed by atoms with van der Waals surface area (Å²) in [4.78, 5) is 26.6. The van der Waals surface area contributed by atoms with E-state index in [9.17, 15) is 9.59 Å². The highest BCUT2D eigenvalue weighted by atomic mass is 32.2. The summed E-state index contributed by atoms with van der Waals surface area (Å²) < 4.78 is 0.262. The van der Waals surface area contributed by atoms with Gasteiger partial charge in [0.05, 0.1) is 16.2 Å². The summed E-state index contributed by atoms with van der Waals surface area (Å²) in [5.41, 5.74) is 1.97. The molecule has 0 radical (unpaired) electrons. The summed E-state index contributed by atoms with van der Waals surface area (Å²) in [5.74, 6) is 4.98. The minimum absolute atomic E-state index is 0.178. The molecule has 0 aliphatic carbocycles. The van der Waals surface area contributed by atoms with E-state index in [1.54, 1.807) is 4.90 Å². The van der Waals surface area contributed by atoms with Gasteiger partial charge in [-0.1, -0.05) is 42.2 Å². The van der Waals surface area contributed by atoms with Crippen molar-refractivity contribution in [3.63, 3.8) is 0 Å². The van der Waals surface area contributed by atoms with Crippen molar-refractivity contribution in [2.24, 2.45) is 5.84 Å². The topological polar surface area (TPSA) is 66.6 Å². The van der Waals surface area contributed by atoms with Crippen molar-refractivity contribution in [1.82, 2.24) is 5.01 Å². The molecule has 20 heavy (non-hydrogen) atoms. The predicted octanol–water partition coefficient (Wildman–Crippen LogP) is 1.50. The zero-order chi connectivity index (χ0) is 14.4. The molecule has 0 aromatic heterocycles. The van der Waals surface area contributed by atoms with Gasteiger partial charge in [-0.15, -0.1) is 0 Å². The fourth-order valence-electron chi connectivity index (χ4n) is 2.34. The summed E-state index contributed by atoms with van der Waals surface area (Å²) in [5, 5.41) is 0.910. The minimum Gasteiger partial charge on any atom is -0.308 e. The maximum Gasteiger partial charge on any atom is 0.281 e. The van der Waals surface area contributed by atoms with Gasteiger partial charge in [0.2, 0.25) is 0 Å². The second-order valence-electron chi connectivity index (χ2n) is 4.31. The maximum atomic E-state index is 12.5. The number of nitrogens with zero attached hydrogens (tertiary/aromatic N) is 2. The van der Waals surface area contributed by atoms with Gasteiger partial charge in [0.25, 0.3) is 11.8 Å². The van der Waals surface area contributed by atoms with E-state index in [1.165, 1.54) is 0 Å². The van der Waals surface area contributed by atoms with Gasteiger partial charge in [0, 0.05) is 12.1 Å². The van der Waals surface area contributed by atoms with Crippen LogP contribution in [0, 0.1) is 0 Å². The molecule has 1 fully saturated rings. The van der Waals surface area contributed by atoms with Crippen molar-refractivity contribution in [2.45, 2.75) is 6.92 Å². The van der Waals surface area contributed by atoms with E-state index < -0.39 is 5.91 Å². The molecule has 1 aromatic carbocycles. The predicted molar refractivity (Wildman–Crippen MR) is 82.6 cm³/mol. The van der Waals surface area contributed by atoms with Gasteiger partial charge in [0.1, 0.15) is 0 Å². The van der Waals surface area contributed by atoms with E-state index in [0.717, 1.165) is 28.0 Å². The monoisotopic (exact) mass is 305 g/mol. The molecule has 0 spiro atoms. The Hall–Kier alpha value is -1.70. The average Bonchev–Trinajstić information content (AvgIpc) is 2.87. The number of hydrogen-bond acceptors (Lipinski definition) is 5. The van der Waals surface area contributed by atoms with Crippen LogP contribution in [0.5, 0.6) is 0 Å². The average molecular weight is 305 g/mol. The number of hydrazine groups is 1. The number of likely N-dealkylation sites (N-methyl/N-ethyl adjacent to an activating group) is 1. The molecule has 0 saturated carbocycles. The van der Waals surface area contributed by atoms with E-state index in [0.29, 0.717) is 17.0 Å². The highest BCUT2D eigenvalue weighted by molar-refractivity contribution is 8.26. The normalized spacial score (nSPS) is 22.0. The van der Waals surface area contributed by atoms with Crippen LogP contribution in [0.2, 0.25) is 0 Å². The van der Waals surface area contributed by atoms with Crippen LogP contribution >= 0.6 is 24.0 Å². The van der Waals surface area contributed by atoms with Crippen molar-refractivity contribution in [1.29, 1.82) is 0 Å². The zero-order valence-corrected chi connectivity index (χ0v) is 12.3. The third kappa shape index (κ3) is 1.71. The standard InChI is InChI=1S/C13H11N3O2S2/c1-2-15-8-6-4-3-5-7(8)9(11(15)17)10-12(18)16(14)13(19)20-10/h3-6H,2,14H2,1H3/b10-9+. The number of thioether (sulfide) groups is 1. The highest BCUT2D eigenvalue weighted by Crippen LogP contribution is 2.43. The molecule has 0 atom stereocenters. The number of amides is 2. The summed E-state index contributed by atoms with van der Waals surface area (Å²) in [7, 11) is 0. The smallest absolute Gasteiger partial charge is 0.281 e. The number of fused-ring (bicyclic) bond motifs is 1. The highest BCUT2D eigenvalue weighted by Gasteiger charge is 2.40. The summed E-state index contributed by atoms with van der Waals surface area (Å²) in [6, 6.07) is 7.41. The molecule has 2 aliphatic rings. The number of hydrogen-bond donors (Lipinski definition) is 1. The number of nitrogens with two attached hydrogens (primary N) is 1. The maximum absolute atomic E-state index is 12.5. The lowest BCUT2D eigenvalue weighted by molar-refractivity contribution is -0.122. The first-order chi connectivity index (χ1) is 9.56. The van der Waals surface area contributed by atoms with Gasteiger partial charge in [-0.2, -0.15) is 0 Å². The van der Waals surface area contributed by atoms with E-state index >= 15 is 0 Å². The molecular formula is C13H11N3O2S2. The summed E-state index contributed by atoms with van der Waals surface area (Å²) >= 11 is 6.08. The van der Waals surface area contributed by atoms with E-state index in [1.807, 2.05) is 31.2 Å². The lowest BCUT2D eigenvalue weighted by atomic mass is 10.1. The SMILES string of the molecule is CCN1C(=O)/C(=C2/SC(=S)N(N)C2=O)c2ccccc21. The van der Waals surface area contributed by atoms with Gasteiger partial charge in [-0.3, -0.25) is 9.59 Å². The van der Waals surface area contributed by atoms with Gasteiger partial charge >= 0.3 is 0 Å². The lowest BCUT2D eigenvalue weighted by Gasteiger charge is -2.13. The number of thiocarbonyl (C=S) groups is 1. The van der Waals surface area contributed by atoms with Gasteiger partial charge < -0.3 is 4.90 Å². The van der Waals surface area contributed by atoms with Gasteiger partial charge in [-0.05, 0) is 13.0 Å². The van der Waals surface area contributed by atoms with E-state index in [2.05, 4.69) is 0 Å². The second-order valence-corrected chi connectivity index (χ2v) is 5.96. The van der Waals surface area contributed by atoms with E-state index in [4.69, 9.17) is 18.1 Å². The van der Waals surface area contributed by atoms with Gasteiger partial charge in [-0.25, -0.2) is 10.9 Å². The number of benzene rings is 1. The molecule has 2 aliphatic heterocycles. The van der Waals surface area contributed by atoms with Crippen molar-refractivity contribution < 1.29 is 9.59 Å². The lowest BCUT2D eigenvalue weighted by Crippen LogP contribution is -2.35. The molecule has 2 N–H and O–H groups in total. The first-order valence-electron chi connectivity index (χ1n) is 6.02. The van der Waals surface area contributed by atoms with Crippen molar-refractivity contribution in [3.8, 4) is 0 Å². The Bertz CT molecular complexity index is 684. The van der Waals surface area contributed by atoms with Crippen LogP contribution in [0.1, 0.15) is 12.5 Å². The Labute approximate surface area is 125 Å². The fraction of sp³-hybridized carbons (Fsp3) is 0.154. The van der Waals surface area contributed by atoms with Crippen LogP contribution in [0.15, 0.2) is 29.2 Å². The molecule has 1 saturated heterocycles. The molecule has 1 aromatic rings. The molecular weight excluding hydrogens is 294 g/mol. The Morgan fingerprint density at radius 2 is 1.95 bits per heavy atom. The summed E-state index contributed by atoms with van der Waals surface area (Å²) in [6.45, 7) is 2.44. The molecule has 5 nitrogen and oxygen atoms in total. The first-order valence-corrected chi connectivity index (χ1v) is 7.25. The third-order valence-electron chi connectivity index (χ3n) is 3.27. The van der Waals surface area contributed by atoms with Crippen molar-refractivity contribution in [2.75, 3.05) is 11.4 Å². The van der Waals surface area contributed by atoms with Crippen LogP contribution in [0.25, 0.3) is 5.57 Å². The molecule has 2 heterocycles. The molecule has 7 heteroatoms. The van der Waals surface area contributed by atoms with Crippen molar-refractivity contribution in [3.05, 3.63) is 34.7 Å². The Morgan fingerprint density at radius 1 is 1.25 bits per heavy atom. The molecule has 0 bridgehead atoms. The molecule has 0 unspecified atom stereocenters. The number of para-hydroxylation sites is 1. The fourth-order valence-corrected chi connectivity index (χ4v) is 3.52. The largest absolute Gasteiger partial charge is 0.308 e. The number of carbonyl (C=O) groups is 2. The van der Waals surface area contributed by atoms with Gasteiger partial charge in [0.15, 0.2) is 4.32 Å². The van der Waals surface area contributed by atoms with E-state index in [-0.39, 0.29) is 10.2 Å². The van der Waals surface area contributed by atoms with Crippen LogP contribution in [-0.4, -0.2) is 27.7 Å². The number of anilines is 1.